The average Bonchev–Trinajstić information content (AvgIpc) is 3.55. The minimum Gasteiger partial charge on any atom is -0.342 e. The molecule has 0 saturated carbocycles. The molecule has 0 aliphatic rings. The van der Waals surface area contributed by atoms with Crippen molar-refractivity contribution in [3.63, 3.8) is 0 Å². The van der Waals surface area contributed by atoms with Crippen molar-refractivity contribution in [2.75, 3.05) is 0 Å². The number of hydrogen-bond acceptors (Lipinski definition) is 2. The van der Waals surface area contributed by atoms with Crippen LogP contribution in [0.1, 0.15) is 29.4 Å². The summed E-state index contributed by atoms with van der Waals surface area (Å²) in [6.07, 6.45) is -8.95. The van der Waals surface area contributed by atoms with Gasteiger partial charge < -0.3 is 9.97 Å². The molecule has 2 heterocycles. The van der Waals surface area contributed by atoms with Gasteiger partial charge in [0.25, 0.3) is 0 Å². The van der Waals surface area contributed by atoms with E-state index in [1.165, 1.54) is 19.1 Å². The highest BCUT2D eigenvalue weighted by Gasteiger charge is 2.38. The second-order valence-corrected chi connectivity index (χ2v) is 9.89. The Balaban J connectivity index is 1.42. The smallest absolute Gasteiger partial charge is 0.342 e. The number of aromatic nitrogens is 4. The fourth-order valence-electron chi connectivity index (χ4n) is 5.02. The van der Waals surface area contributed by atoms with Crippen LogP contribution in [0, 0.1) is 6.92 Å². The first-order valence-corrected chi connectivity index (χ1v) is 12.8. The Bertz CT molecular complexity index is 1930. The zero-order valence-corrected chi connectivity index (χ0v) is 21.8. The van der Waals surface area contributed by atoms with Crippen LogP contribution < -0.4 is 0 Å². The summed E-state index contributed by atoms with van der Waals surface area (Å²) in [6.45, 7) is 3.47. The van der Waals surface area contributed by atoms with Gasteiger partial charge in [-0.2, -0.15) is 26.3 Å². The van der Waals surface area contributed by atoms with E-state index >= 15 is 0 Å². The molecular weight excluding hydrogens is 542 g/mol. The molecule has 0 spiro atoms. The number of benzene rings is 4. The zero-order chi connectivity index (χ0) is 29.1. The number of fused-ring (bicyclic) bond motifs is 2. The van der Waals surface area contributed by atoms with E-state index in [0.717, 1.165) is 58.7 Å². The molecule has 208 valence electrons. The topological polar surface area (TPSA) is 57.4 Å². The highest BCUT2D eigenvalue weighted by molar-refractivity contribution is 5.88. The van der Waals surface area contributed by atoms with Gasteiger partial charge in [-0.25, -0.2) is 9.97 Å². The summed E-state index contributed by atoms with van der Waals surface area (Å²) in [5.41, 5.74) is 1.70. The molecule has 6 aromatic rings. The number of nitrogens with zero attached hydrogens (tertiary/aromatic N) is 2. The SMILES string of the molecule is CCc1nc2ccc(-c3ccc4nc(-c5ccc(-c6ccc(C)cc6C(F)(F)F)c(C(F)(F)F)c5)[nH]c4c3)cc2[nH]1. The summed E-state index contributed by atoms with van der Waals surface area (Å²) >= 11 is 0. The molecule has 41 heavy (non-hydrogen) atoms. The van der Waals surface area contributed by atoms with Crippen LogP contribution in [0.25, 0.3) is 55.7 Å². The number of imidazole rings is 2. The Morgan fingerprint density at radius 1 is 0.610 bits per heavy atom. The quantitative estimate of drug-likeness (QED) is 0.210. The lowest BCUT2D eigenvalue weighted by atomic mass is 9.92. The molecule has 0 amide bonds. The third kappa shape index (κ3) is 4.94. The second kappa shape index (κ2) is 9.50. The van der Waals surface area contributed by atoms with Gasteiger partial charge in [-0.3, -0.25) is 0 Å². The van der Waals surface area contributed by atoms with E-state index < -0.39 is 34.6 Å². The van der Waals surface area contributed by atoms with Crippen molar-refractivity contribution in [2.24, 2.45) is 0 Å². The Morgan fingerprint density at radius 3 is 1.76 bits per heavy atom. The fourth-order valence-corrected chi connectivity index (χ4v) is 5.02. The van der Waals surface area contributed by atoms with Gasteiger partial charge in [-0.1, -0.05) is 48.9 Å². The van der Waals surface area contributed by atoms with Crippen molar-refractivity contribution < 1.29 is 26.3 Å². The number of aryl methyl sites for hydroxylation is 2. The van der Waals surface area contributed by atoms with E-state index in [9.17, 15) is 26.3 Å². The molecule has 10 heteroatoms. The Labute approximate surface area is 230 Å². The first-order valence-electron chi connectivity index (χ1n) is 12.8. The Kier molecular flexibility index (Phi) is 6.17. The van der Waals surface area contributed by atoms with Crippen LogP contribution in [0.2, 0.25) is 0 Å². The number of rotatable bonds is 4. The first kappa shape index (κ1) is 26.6. The zero-order valence-electron chi connectivity index (χ0n) is 21.8. The third-order valence-electron chi connectivity index (χ3n) is 7.05. The molecule has 0 saturated heterocycles. The molecule has 0 aliphatic heterocycles. The largest absolute Gasteiger partial charge is 0.417 e. The summed E-state index contributed by atoms with van der Waals surface area (Å²) in [4.78, 5) is 15.3. The molecular formula is C31H22F6N4. The number of hydrogen-bond donors (Lipinski definition) is 2. The van der Waals surface area contributed by atoms with E-state index in [2.05, 4.69) is 19.9 Å². The fraction of sp³-hybridized carbons (Fsp3) is 0.161. The molecule has 0 unspecified atom stereocenters. The van der Waals surface area contributed by atoms with Gasteiger partial charge in [-0.05, 0) is 65.6 Å². The van der Waals surface area contributed by atoms with Crippen LogP contribution in [-0.2, 0) is 18.8 Å². The van der Waals surface area contributed by atoms with Crippen molar-refractivity contribution in [3.05, 3.63) is 95.3 Å². The molecule has 0 fully saturated rings. The van der Waals surface area contributed by atoms with Crippen molar-refractivity contribution in [2.45, 2.75) is 32.6 Å². The van der Waals surface area contributed by atoms with Crippen molar-refractivity contribution in [3.8, 4) is 33.6 Å². The first-order chi connectivity index (χ1) is 19.4. The molecule has 4 aromatic carbocycles. The lowest BCUT2D eigenvalue weighted by Crippen LogP contribution is -2.12. The number of alkyl halides is 6. The number of nitrogens with one attached hydrogen (secondary N) is 2. The summed E-state index contributed by atoms with van der Waals surface area (Å²) in [5, 5.41) is 0. The maximum absolute atomic E-state index is 14.2. The van der Waals surface area contributed by atoms with Crippen LogP contribution >= 0.6 is 0 Å². The van der Waals surface area contributed by atoms with Crippen molar-refractivity contribution in [1.82, 2.24) is 19.9 Å². The molecule has 0 bridgehead atoms. The lowest BCUT2D eigenvalue weighted by Gasteiger charge is -2.18. The van der Waals surface area contributed by atoms with E-state index in [1.807, 2.05) is 37.3 Å². The Hall–Kier alpha value is -4.60. The minimum absolute atomic E-state index is 0.102. The lowest BCUT2D eigenvalue weighted by molar-refractivity contribution is -0.139. The third-order valence-corrected chi connectivity index (χ3v) is 7.05. The standard InChI is InChI=1S/C31H22F6N4/c1-3-28-38-24-10-6-17(14-26(24)39-28)18-7-11-25-27(15-18)41-29(40-25)19-5-9-21(23(13-19)31(35,36)37)20-8-4-16(2)12-22(20)30(32,33)34/h4-15H,3H2,1-2H3,(H,38,39)(H,40,41). The molecule has 2 N–H and O–H groups in total. The van der Waals surface area contributed by atoms with Crippen LogP contribution in [0.15, 0.2) is 72.8 Å². The summed E-state index contributed by atoms with van der Waals surface area (Å²) in [5.74, 6) is 1.05. The second-order valence-electron chi connectivity index (χ2n) is 9.89. The number of H-pyrrole nitrogens is 2. The van der Waals surface area contributed by atoms with Gasteiger partial charge in [0, 0.05) is 12.0 Å². The predicted octanol–water partition coefficient (Wildman–Crippen LogP) is 9.35. The molecule has 0 radical (unpaired) electrons. The van der Waals surface area contributed by atoms with Gasteiger partial charge in [0.05, 0.1) is 33.2 Å². The van der Waals surface area contributed by atoms with Crippen LogP contribution in [0.5, 0.6) is 0 Å². The van der Waals surface area contributed by atoms with Crippen LogP contribution in [0.4, 0.5) is 26.3 Å². The van der Waals surface area contributed by atoms with E-state index in [0.29, 0.717) is 16.6 Å². The summed E-state index contributed by atoms with van der Waals surface area (Å²) in [7, 11) is 0. The maximum Gasteiger partial charge on any atom is 0.417 e. The van der Waals surface area contributed by atoms with Crippen molar-refractivity contribution >= 4 is 22.1 Å². The Morgan fingerprint density at radius 2 is 1.15 bits per heavy atom. The molecule has 2 aromatic heterocycles. The highest BCUT2D eigenvalue weighted by atomic mass is 19.4. The number of halogens is 6. The highest BCUT2D eigenvalue weighted by Crippen LogP contribution is 2.44. The van der Waals surface area contributed by atoms with Gasteiger partial charge in [0.1, 0.15) is 11.6 Å². The van der Waals surface area contributed by atoms with E-state index in [1.54, 1.807) is 6.07 Å². The van der Waals surface area contributed by atoms with Gasteiger partial charge in [0.15, 0.2) is 0 Å². The molecule has 0 atom stereocenters. The molecule has 0 aliphatic carbocycles. The average molecular weight is 565 g/mol. The van der Waals surface area contributed by atoms with Crippen LogP contribution in [0.3, 0.4) is 0 Å². The maximum atomic E-state index is 14.2. The normalized spacial score (nSPS) is 12.5. The van der Waals surface area contributed by atoms with E-state index in [-0.39, 0.29) is 11.4 Å². The van der Waals surface area contributed by atoms with Gasteiger partial charge in [0.2, 0.25) is 0 Å². The van der Waals surface area contributed by atoms with Gasteiger partial charge >= 0.3 is 12.4 Å². The molecule has 6 rings (SSSR count). The van der Waals surface area contributed by atoms with Gasteiger partial charge in [-0.15, -0.1) is 0 Å². The predicted molar refractivity (Wildman–Crippen MR) is 146 cm³/mol. The van der Waals surface area contributed by atoms with E-state index in [4.69, 9.17) is 0 Å². The molecule has 4 nitrogen and oxygen atoms in total. The summed E-state index contributed by atoms with van der Waals surface area (Å²) < 4.78 is 83.9. The van der Waals surface area contributed by atoms with Crippen LogP contribution in [-0.4, -0.2) is 19.9 Å². The van der Waals surface area contributed by atoms with Crippen molar-refractivity contribution in [1.29, 1.82) is 0 Å². The summed E-state index contributed by atoms with van der Waals surface area (Å²) in [6, 6.07) is 17.9. The monoisotopic (exact) mass is 564 g/mol. The minimum atomic E-state index is -4.90. The number of aromatic amines is 2.